The Balaban J connectivity index is 2.72. The van der Waals surface area contributed by atoms with E-state index in [1.165, 1.54) is 6.07 Å². The Morgan fingerprint density at radius 1 is 1.30 bits per heavy atom. The fraction of sp³-hybridized carbons (Fsp3) is 0.364. The summed E-state index contributed by atoms with van der Waals surface area (Å²) in [5, 5.41) is 3.69. The van der Waals surface area contributed by atoms with Crippen LogP contribution in [0.25, 0.3) is 5.82 Å². The van der Waals surface area contributed by atoms with Crippen molar-refractivity contribution in [3.63, 3.8) is 0 Å². The number of halogens is 4. The normalized spacial score (nSPS) is 11.9. The lowest BCUT2D eigenvalue weighted by Crippen LogP contribution is -2.24. The van der Waals surface area contributed by atoms with Crippen molar-refractivity contribution in [3.8, 4) is 5.82 Å². The quantitative estimate of drug-likeness (QED) is 0.812. The fourth-order valence-corrected chi connectivity index (χ4v) is 1.90. The van der Waals surface area contributed by atoms with Crippen molar-refractivity contribution >= 4 is 11.6 Å². The average molecular weight is 307 g/mol. The minimum atomic E-state index is -4.71. The van der Waals surface area contributed by atoms with Gasteiger partial charge in [-0.3, -0.25) is 4.57 Å². The summed E-state index contributed by atoms with van der Waals surface area (Å²) in [6.07, 6.45) is -4.71. The molecule has 2 rings (SSSR count). The largest absolute Gasteiger partial charge is 0.451 e. The summed E-state index contributed by atoms with van der Waals surface area (Å²) < 4.78 is 39.2. The Morgan fingerprint density at radius 3 is 2.40 bits per heavy atom. The predicted octanol–water partition coefficient (Wildman–Crippen LogP) is 2.26. The molecule has 0 radical (unpaired) electrons. The van der Waals surface area contributed by atoms with Crippen LogP contribution in [0.3, 0.4) is 0 Å². The Kier molecular flexibility index (Phi) is 3.37. The molecule has 2 aromatic heterocycles. The van der Waals surface area contributed by atoms with E-state index < -0.39 is 17.7 Å². The van der Waals surface area contributed by atoms with E-state index in [1.54, 1.807) is 13.8 Å². The van der Waals surface area contributed by atoms with Crippen LogP contribution < -0.4 is 5.69 Å². The van der Waals surface area contributed by atoms with E-state index in [0.29, 0.717) is 25.5 Å². The first kappa shape index (κ1) is 14.6. The van der Waals surface area contributed by atoms with Crippen molar-refractivity contribution in [1.29, 1.82) is 0 Å². The summed E-state index contributed by atoms with van der Waals surface area (Å²) in [6, 6.07) is 1.52. The summed E-state index contributed by atoms with van der Waals surface area (Å²) >= 11 is 5.87. The molecule has 0 fully saturated rings. The van der Waals surface area contributed by atoms with Crippen molar-refractivity contribution in [2.24, 2.45) is 7.05 Å². The van der Waals surface area contributed by atoms with Crippen molar-refractivity contribution < 1.29 is 13.2 Å². The molecule has 0 aliphatic heterocycles. The number of alkyl halides is 3. The molecule has 108 valence electrons. The van der Waals surface area contributed by atoms with Crippen LogP contribution in [0, 0.1) is 13.8 Å². The standard InChI is InChI=1S/C11H10ClF3N4O/c1-5-4-7(12)6(2)16-8(5)19-10(20)18(3)9(17-19)11(13,14)15/h4H,1-3H3. The van der Waals surface area contributed by atoms with Crippen LogP contribution in [-0.2, 0) is 13.2 Å². The molecule has 20 heavy (non-hydrogen) atoms. The lowest BCUT2D eigenvalue weighted by Gasteiger charge is -2.06. The van der Waals surface area contributed by atoms with Gasteiger partial charge in [0.1, 0.15) is 0 Å². The van der Waals surface area contributed by atoms with Gasteiger partial charge in [0.2, 0.25) is 5.82 Å². The van der Waals surface area contributed by atoms with Crippen molar-refractivity contribution in [3.05, 3.63) is 38.7 Å². The van der Waals surface area contributed by atoms with Gasteiger partial charge in [0.25, 0.3) is 0 Å². The van der Waals surface area contributed by atoms with Crippen molar-refractivity contribution in [1.82, 2.24) is 19.3 Å². The summed E-state index contributed by atoms with van der Waals surface area (Å²) in [4.78, 5) is 15.9. The zero-order valence-corrected chi connectivity index (χ0v) is 11.5. The summed E-state index contributed by atoms with van der Waals surface area (Å²) in [5.74, 6) is -1.25. The smallest absolute Gasteiger partial charge is 0.274 e. The highest BCUT2D eigenvalue weighted by molar-refractivity contribution is 6.31. The molecule has 5 nitrogen and oxygen atoms in total. The number of hydrogen-bond donors (Lipinski definition) is 0. The van der Waals surface area contributed by atoms with Crippen molar-refractivity contribution in [2.75, 3.05) is 0 Å². The van der Waals surface area contributed by atoms with Gasteiger partial charge in [-0.25, -0.2) is 9.78 Å². The highest BCUT2D eigenvalue weighted by Crippen LogP contribution is 2.27. The summed E-state index contributed by atoms with van der Waals surface area (Å²) in [5.41, 5.74) is -0.0671. The third-order valence-electron chi connectivity index (χ3n) is 2.75. The van der Waals surface area contributed by atoms with Gasteiger partial charge < -0.3 is 0 Å². The lowest BCUT2D eigenvalue weighted by molar-refractivity contribution is -0.147. The number of nitrogens with zero attached hydrogens (tertiary/aromatic N) is 4. The number of hydrogen-bond acceptors (Lipinski definition) is 3. The van der Waals surface area contributed by atoms with Gasteiger partial charge >= 0.3 is 11.9 Å². The Labute approximate surface area is 116 Å². The van der Waals surface area contributed by atoms with Crippen LogP contribution in [0.2, 0.25) is 5.02 Å². The van der Waals surface area contributed by atoms with Crippen LogP contribution >= 0.6 is 11.6 Å². The summed E-state index contributed by atoms with van der Waals surface area (Å²) in [7, 11) is 1.01. The second-order valence-corrected chi connectivity index (χ2v) is 4.68. The summed E-state index contributed by atoms with van der Waals surface area (Å²) in [6.45, 7) is 3.17. The topological polar surface area (TPSA) is 52.7 Å². The van der Waals surface area contributed by atoms with Crippen LogP contribution in [-0.4, -0.2) is 19.3 Å². The molecule has 0 saturated carbocycles. The van der Waals surface area contributed by atoms with Crippen LogP contribution in [0.15, 0.2) is 10.9 Å². The van der Waals surface area contributed by atoms with Gasteiger partial charge in [-0.05, 0) is 25.5 Å². The number of rotatable bonds is 1. The first-order valence-corrected chi connectivity index (χ1v) is 5.88. The molecule has 2 heterocycles. The zero-order chi connectivity index (χ0) is 15.2. The van der Waals surface area contributed by atoms with E-state index in [4.69, 9.17) is 11.6 Å². The highest BCUT2D eigenvalue weighted by Gasteiger charge is 2.38. The van der Waals surface area contributed by atoms with Crippen LogP contribution in [0.5, 0.6) is 0 Å². The molecular weight excluding hydrogens is 297 g/mol. The Morgan fingerprint density at radius 2 is 1.90 bits per heavy atom. The van der Waals surface area contributed by atoms with Crippen LogP contribution in [0.1, 0.15) is 17.1 Å². The van der Waals surface area contributed by atoms with E-state index >= 15 is 0 Å². The van der Waals surface area contributed by atoms with Gasteiger partial charge in [-0.15, -0.1) is 5.10 Å². The highest BCUT2D eigenvalue weighted by atomic mass is 35.5. The monoisotopic (exact) mass is 306 g/mol. The minimum Gasteiger partial charge on any atom is -0.274 e. The maximum atomic E-state index is 12.7. The second-order valence-electron chi connectivity index (χ2n) is 4.27. The molecule has 0 unspecified atom stereocenters. The number of aromatic nitrogens is 4. The Hall–Kier alpha value is -1.83. The van der Waals surface area contributed by atoms with E-state index in [2.05, 4.69) is 10.1 Å². The Bertz CT molecular complexity index is 732. The molecule has 2 aromatic rings. The molecule has 0 amide bonds. The molecule has 0 aliphatic carbocycles. The van der Waals surface area contributed by atoms with E-state index in [1.807, 2.05) is 0 Å². The second kappa shape index (κ2) is 4.62. The van der Waals surface area contributed by atoms with E-state index in [0.717, 1.165) is 7.05 Å². The maximum absolute atomic E-state index is 12.7. The third kappa shape index (κ3) is 2.31. The van der Waals surface area contributed by atoms with Crippen molar-refractivity contribution in [2.45, 2.75) is 20.0 Å². The molecule has 0 N–H and O–H groups in total. The first-order chi connectivity index (χ1) is 9.12. The van der Waals surface area contributed by atoms with Gasteiger partial charge in [0, 0.05) is 7.05 Å². The average Bonchev–Trinajstić information content (AvgIpc) is 2.61. The molecular formula is C11H10ClF3N4O. The molecule has 0 spiro atoms. The molecule has 0 saturated heterocycles. The molecule has 0 atom stereocenters. The van der Waals surface area contributed by atoms with Gasteiger partial charge in [0.15, 0.2) is 5.82 Å². The lowest BCUT2D eigenvalue weighted by atomic mass is 10.2. The first-order valence-electron chi connectivity index (χ1n) is 5.50. The van der Waals surface area contributed by atoms with Gasteiger partial charge in [0.05, 0.1) is 10.7 Å². The SMILES string of the molecule is Cc1cc(Cl)c(C)nc1-n1nc(C(F)(F)F)n(C)c1=O. The molecule has 9 heteroatoms. The molecule has 0 aliphatic rings. The number of aryl methyl sites for hydroxylation is 2. The fourth-order valence-electron chi connectivity index (χ4n) is 1.70. The predicted molar refractivity (Wildman–Crippen MR) is 66.1 cm³/mol. The van der Waals surface area contributed by atoms with E-state index in [-0.39, 0.29) is 5.82 Å². The van der Waals surface area contributed by atoms with E-state index in [9.17, 15) is 18.0 Å². The number of pyridine rings is 1. The minimum absolute atomic E-state index is 0.0306. The third-order valence-corrected chi connectivity index (χ3v) is 3.13. The maximum Gasteiger partial charge on any atom is 0.451 e. The van der Waals surface area contributed by atoms with Gasteiger partial charge in [-0.2, -0.15) is 17.9 Å². The van der Waals surface area contributed by atoms with Gasteiger partial charge in [-0.1, -0.05) is 11.6 Å². The zero-order valence-electron chi connectivity index (χ0n) is 10.8. The molecule has 0 aromatic carbocycles. The van der Waals surface area contributed by atoms with Crippen LogP contribution in [0.4, 0.5) is 13.2 Å². The molecule has 0 bridgehead atoms.